The Morgan fingerprint density at radius 2 is 1.67 bits per heavy atom. The van der Waals surface area contributed by atoms with Crippen molar-refractivity contribution in [2.75, 3.05) is 36.5 Å². The molecular weight excluding hydrogens is 346 g/mol. The van der Waals surface area contributed by atoms with Crippen molar-refractivity contribution in [2.24, 2.45) is 0 Å². The van der Waals surface area contributed by atoms with Crippen LogP contribution >= 0.6 is 0 Å². The number of aliphatic carboxylic acids is 2. The lowest BCUT2D eigenvalue weighted by Gasteiger charge is -2.26. The predicted molar refractivity (Wildman–Crippen MR) is 104 cm³/mol. The van der Waals surface area contributed by atoms with Crippen molar-refractivity contribution in [3.8, 4) is 0 Å². The average molecular weight is 369 g/mol. The largest absolute Gasteiger partial charge is 0.473 e. The molecule has 4 rings (SSSR count). The van der Waals surface area contributed by atoms with Crippen LogP contribution in [0.4, 0.5) is 17.1 Å². The lowest BCUT2D eigenvalue weighted by Crippen LogP contribution is -2.30. The van der Waals surface area contributed by atoms with Crippen molar-refractivity contribution in [1.29, 1.82) is 0 Å². The summed E-state index contributed by atoms with van der Waals surface area (Å²) in [6.45, 7) is 4.13. The van der Waals surface area contributed by atoms with Crippen LogP contribution in [0, 0.1) is 0 Å². The molecule has 0 amide bonds. The van der Waals surface area contributed by atoms with E-state index >= 15 is 0 Å². The third-order valence-corrected chi connectivity index (χ3v) is 4.77. The molecule has 2 aromatic carbocycles. The Morgan fingerprint density at radius 3 is 2.33 bits per heavy atom. The first-order chi connectivity index (χ1) is 13.0. The quantitative estimate of drug-likeness (QED) is 0.713. The third kappa shape index (κ3) is 3.88. The smallest absolute Gasteiger partial charge is 0.414 e. The fourth-order valence-corrected chi connectivity index (χ4v) is 3.60. The number of carbonyl (C=O) groups is 2. The molecule has 3 N–H and O–H groups in total. The molecule has 7 heteroatoms. The van der Waals surface area contributed by atoms with Gasteiger partial charge < -0.3 is 25.3 Å². The zero-order chi connectivity index (χ0) is 19.4. The fourth-order valence-electron chi connectivity index (χ4n) is 3.60. The van der Waals surface area contributed by atoms with Crippen molar-refractivity contribution in [1.82, 2.24) is 5.32 Å². The van der Waals surface area contributed by atoms with Crippen LogP contribution in [0.1, 0.15) is 11.1 Å². The molecule has 0 aliphatic carbocycles. The summed E-state index contributed by atoms with van der Waals surface area (Å²) in [5.41, 5.74) is 7.13. The maximum absolute atomic E-state index is 9.10. The normalized spacial score (nSPS) is 13.8. The first-order valence-corrected chi connectivity index (χ1v) is 8.86. The van der Waals surface area contributed by atoms with E-state index in [-0.39, 0.29) is 0 Å². The van der Waals surface area contributed by atoms with E-state index in [9.17, 15) is 0 Å². The number of carboxylic acid groups (broad SMARTS) is 2. The van der Waals surface area contributed by atoms with Crippen LogP contribution in [0.25, 0.3) is 0 Å². The van der Waals surface area contributed by atoms with Crippen LogP contribution < -0.4 is 15.1 Å². The van der Waals surface area contributed by atoms with Gasteiger partial charge in [-0.1, -0.05) is 30.3 Å². The summed E-state index contributed by atoms with van der Waals surface area (Å²) in [6, 6.07) is 15.6. The van der Waals surface area contributed by atoms with Gasteiger partial charge in [0.25, 0.3) is 0 Å². The van der Waals surface area contributed by atoms with Gasteiger partial charge in [0, 0.05) is 31.9 Å². The average Bonchev–Trinajstić information content (AvgIpc) is 3.04. The van der Waals surface area contributed by atoms with Gasteiger partial charge in [-0.05, 0) is 36.7 Å². The second kappa shape index (κ2) is 8.09. The van der Waals surface area contributed by atoms with E-state index in [1.54, 1.807) is 0 Å². The van der Waals surface area contributed by atoms with E-state index in [0.717, 1.165) is 32.6 Å². The van der Waals surface area contributed by atoms with E-state index < -0.39 is 11.9 Å². The van der Waals surface area contributed by atoms with E-state index in [1.807, 2.05) is 7.05 Å². The number of nitrogens with one attached hydrogen (secondary N) is 1. The van der Waals surface area contributed by atoms with Gasteiger partial charge in [-0.3, -0.25) is 0 Å². The fraction of sp³-hybridized carbons (Fsp3) is 0.300. The first-order valence-electron chi connectivity index (χ1n) is 8.86. The molecule has 0 unspecified atom stereocenters. The van der Waals surface area contributed by atoms with Crippen LogP contribution in [0.3, 0.4) is 0 Å². The molecule has 2 heterocycles. The van der Waals surface area contributed by atoms with Crippen LogP contribution in [-0.2, 0) is 22.6 Å². The summed E-state index contributed by atoms with van der Waals surface area (Å²) in [7, 11) is 2.02. The second-order valence-electron chi connectivity index (χ2n) is 6.45. The SMILES string of the molecule is CNCCN1Cc2cccc3c2N(CC3)c2ccccc21.O=C(O)C(=O)O. The molecule has 0 atom stereocenters. The topological polar surface area (TPSA) is 93.1 Å². The molecule has 2 aliphatic heterocycles. The standard InChI is InChI=1S/C18H21N3.C2H2O4/c1-19-10-12-20-13-15-6-4-5-14-9-11-21(18(14)15)17-8-3-2-7-16(17)20;3-1(4)2(5)6/h2-8,19H,9-13H2,1H3;(H,3,4)(H,5,6). The van der Waals surface area contributed by atoms with Gasteiger partial charge in [-0.2, -0.15) is 0 Å². The number of nitrogens with zero attached hydrogens (tertiary/aromatic N) is 2. The maximum atomic E-state index is 9.10. The number of carboxylic acids is 2. The Labute approximate surface area is 157 Å². The molecule has 0 bridgehead atoms. The number of rotatable bonds is 3. The van der Waals surface area contributed by atoms with E-state index in [2.05, 4.69) is 57.6 Å². The summed E-state index contributed by atoms with van der Waals surface area (Å²) in [6.07, 6.45) is 1.16. The van der Waals surface area contributed by atoms with Crippen LogP contribution in [0.5, 0.6) is 0 Å². The first kappa shape index (κ1) is 18.7. The molecular formula is C20H23N3O4. The number of para-hydroxylation sites is 3. The molecule has 0 aromatic heterocycles. The van der Waals surface area contributed by atoms with Gasteiger partial charge in [-0.25, -0.2) is 9.59 Å². The Bertz CT molecular complexity index is 841. The molecule has 142 valence electrons. The Kier molecular flexibility index (Phi) is 5.61. The van der Waals surface area contributed by atoms with Crippen molar-refractivity contribution in [3.05, 3.63) is 53.6 Å². The van der Waals surface area contributed by atoms with Crippen molar-refractivity contribution in [3.63, 3.8) is 0 Å². The highest BCUT2D eigenvalue weighted by Crippen LogP contribution is 2.44. The minimum absolute atomic E-state index is 0.998. The van der Waals surface area contributed by atoms with Gasteiger partial charge in [-0.15, -0.1) is 0 Å². The number of likely N-dealkylation sites (N-methyl/N-ethyl adjacent to an activating group) is 1. The Hall–Kier alpha value is -3.06. The van der Waals surface area contributed by atoms with Gasteiger partial charge in [0.05, 0.1) is 11.4 Å². The summed E-state index contributed by atoms with van der Waals surface area (Å²) >= 11 is 0. The molecule has 2 aromatic rings. The van der Waals surface area contributed by atoms with E-state index in [1.165, 1.54) is 28.2 Å². The molecule has 27 heavy (non-hydrogen) atoms. The molecule has 0 spiro atoms. The maximum Gasteiger partial charge on any atom is 0.414 e. The van der Waals surface area contributed by atoms with Gasteiger partial charge in [0.2, 0.25) is 0 Å². The molecule has 0 fully saturated rings. The van der Waals surface area contributed by atoms with Gasteiger partial charge in [0.15, 0.2) is 0 Å². The minimum atomic E-state index is -1.82. The molecule has 0 saturated carbocycles. The summed E-state index contributed by atoms with van der Waals surface area (Å²) in [5, 5.41) is 18.1. The highest BCUT2D eigenvalue weighted by Gasteiger charge is 2.29. The number of hydrogen-bond acceptors (Lipinski definition) is 5. The van der Waals surface area contributed by atoms with E-state index in [0.29, 0.717) is 0 Å². The third-order valence-electron chi connectivity index (χ3n) is 4.77. The minimum Gasteiger partial charge on any atom is -0.473 e. The lowest BCUT2D eigenvalue weighted by atomic mass is 10.1. The monoisotopic (exact) mass is 369 g/mol. The Balaban J connectivity index is 0.000000307. The van der Waals surface area contributed by atoms with E-state index in [4.69, 9.17) is 19.8 Å². The zero-order valence-electron chi connectivity index (χ0n) is 15.2. The zero-order valence-corrected chi connectivity index (χ0v) is 15.2. The summed E-state index contributed by atoms with van der Waals surface area (Å²) in [5.74, 6) is -3.65. The van der Waals surface area contributed by atoms with Crippen molar-refractivity contribution >= 4 is 29.0 Å². The Morgan fingerprint density at radius 1 is 1.00 bits per heavy atom. The number of fused-ring (bicyclic) bond motifs is 2. The number of anilines is 3. The molecule has 0 radical (unpaired) electrons. The van der Waals surface area contributed by atoms with Crippen molar-refractivity contribution in [2.45, 2.75) is 13.0 Å². The van der Waals surface area contributed by atoms with Crippen molar-refractivity contribution < 1.29 is 19.8 Å². The highest BCUT2D eigenvalue weighted by molar-refractivity contribution is 6.27. The van der Waals surface area contributed by atoms with Crippen LogP contribution in [-0.4, -0.2) is 48.8 Å². The molecule has 0 saturated heterocycles. The van der Waals surface area contributed by atoms with Crippen LogP contribution in [0.15, 0.2) is 42.5 Å². The molecule has 7 nitrogen and oxygen atoms in total. The number of benzene rings is 2. The predicted octanol–water partition coefficient (Wildman–Crippen LogP) is 2.08. The number of hydrogen-bond donors (Lipinski definition) is 3. The summed E-state index contributed by atoms with van der Waals surface area (Å²) in [4.78, 5) is 23.2. The lowest BCUT2D eigenvalue weighted by molar-refractivity contribution is -0.159. The second-order valence-corrected chi connectivity index (χ2v) is 6.45. The highest BCUT2D eigenvalue weighted by atomic mass is 16.4. The van der Waals surface area contributed by atoms with Crippen LogP contribution in [0.2, 0.25) is 0 Å². The molecule has 2 aliphatic rings. The van der Waals surface area contributed by atoms with Gasteiger partial charge in [0.1, 0.15) is 0 Å². The summed E-state index contributed by atoms with van der Waals surface area (Å²) < 4.78 is 0. The van der Waals surface area contributed by atoms with Gasteiger partial charge >= 0.3 is 11.9 Å².